The van der Waals surface area contributed by atoms with Crippen molar-refractivity contribution in [2.75, 3.05) is 0 Å². The summed E-state index contributed by atoms with van der Waals surface area (Å²) in [6, 6.07) is 2.54. The molecule has 1 aromatic heterocycles. The van der Waals surface area contributed by atoms with E-state index in [1.165, 1.54) is 17.8 Å². The molecule has 16 heavy (non-hydrogen) atoms. The SMILES string of the molecule is CCc1cc(CC(N)C2CC2C)n(CC)n1. The van der Waals surface area contributed by atoms with Crippen LogP contribution in [0, 0.1) is 11.8 Å². The van der Waals surface area contributed by atoms with Gasteiger partial charge in [0, 0.05) is 24.7 Å². The van der Waals surface area contributed by atoms with Gasteiger partial charge in [-0.3, -0.25) is 4.68 Å². The van der Waals surface area contributed by atoms with Gasteiger partial charge in [0.25, 0.3) is 0 Å². The first-order valence-corrected chi connectivity index (χ1v) is 6.46. The van der Waals surface area contributed by atoms with E-state index in [0.717, 1.165) is 31.2 Å². The zero-order valence-electron chi connectivity index (χ0n) is 10.6. The van der Waals surface area contributed by atoms with Gasteiger partial charge in [-0.1, -0.05) is 13.8 Å². The smallest absolute Gasteiger partial charge is 0.0624 e. The van der Waals surface area contributed by atoms with Gasteiger partial charge in [-0.2, -0.15) is 5.10 Å². The maximum absolute atomic E-state index is 6.23. The van der Waals surface area contributed by atoms with Gasteiger partial charge in [0.15, 0.2) is 0 Å². The van der Waals surface area contributed by atoms with Gasteiger partial charge < -0.3 is 5.73 Å². The van der Waals surface area contributed by atoms with Crippen molar-refractivity contribution in [3.8, 4) is 0 Å². The summed E-state index contributed by atoms with van der Waals surface area (Å²) in [5.41, 5.74) is 8.73. The van der Waals surface area contributed by atoms with E-state index in [-0.39, 0.29) is 0 Å². The minimum absolute atomic E-state index is 0.321. The highest BCUT2D eigenvalue weighted by Crippen LogP contribution is 2.40. The second kappa shape index (κ2) is 4.58. The van der Waals surface area contributed by atoms with E-state index in [1.807, 2.05) is 0 Å². The quantitative estimate of drug-likeness (QED) is 0.826. The highest BCUT2D eigenvalue weighted by atomic mass is 15.3. The number of hydrogen-bond donors (Lipinski definition) is 1. The van der Waals surface area contributed by atoms with Crippen LogP contribution in [0.1, 0.15) is 38.6 Å². The molecule has 0 amide bonds. The lowest BCUT2D eigenvalue weighted by atomic mass is 10.1. The predicted octanol–water partition coefficient (Wildman–Crippen LogP) is 1.99. The number of nitrogens with zero attached hydrogens (tertiary/aromatic N) is 2. The fraction of sp³-hybridized carbons (Fsp3) is 0.769. The molecule has 1 aliphatic rings. The zero-order valence-corrected chi connectivity index (χ0v) is 10.6. The zero-order chi connectivity index (χ0) is 11.7. The summed E-state index contributed by atoms with van der Waals surface area (Å²) in [5, 5.41) is 4.56. The van der Waals surface area contributed by atoms with Crippen LogP contribution >= 0.6 is 0 Å². The van der Waals surface area contributed by atoms with Crippen LogP contribution in [0.3, 0.4) is 0 Å². The molecule has 0 radical (unpaired) electrons. The molecule has 3 heteroatoms. The summed E-state index contributed by atoms with van der Waals surface area (Å²) in [6.07, 6.45) is 3.30. The topological polar surface area (TPSA) is 43.8 Å². The molecule has 3 atom stereocenters. The van der Waals surface area contributed by atoms with Crippen LogP contribution in [0.5, 0.6) is 0 Å². The molecule has 0 aliphatic heterocycles. The standard InChI is InChI=1S/C13H23N3/c1-4-10-7-11(16(5-2)15-10)8-13(14)12-6-9(12)3/h7,9,12-13H,4-6,8,14H2,1-3H3. The summed E-state index contributed by atoms with van der Waals surface area (Å²) in [6.45, 7) is 7.53. The van der Waals surface area contributed by atoms with E-state index in [9.17, 15) is 0 Å². The van der Waals surface area contributed by atoms with E-state index in [0.29, 0.717) is 6.04 Å². The summed E-state index contributed by atoms with van der Waals surface area (Å²) in [5.74, 6) is 1.57. The summed E-state index contributed by atoms with van der Waals surface area (Å²) >= 11 is 0. The number of aromatic nitrogens is 2. The Morgan fingerprint density at radius 1 is 1.56 bits per heavy atom. The summed E-state index contributed by atoms with van der Waals surface area (Å²) in [4.78, 5) is 0. The van der Waals surface area contributed by atoms with Crippen LogP contribution in [-0.2, 0) is 19.4 Å². The lowest BCUT2D eigenvalue weighted by molar-refractivity contribution is 0.523. The predicted molar refractivity (Wildman–Crippen MR) is 66.2 cm³/mol. The molecular formula is C13H23N3. The molecule has 0 saturated heterocycles. The Kier molecular flexibility index (Phi) is 3.33. The number of nitrogens with two attached hydrogens (primary N) is 1. The third-order valence-electron chi connectivity index (χ3n) is 3.74. The van der Waals surface area contributed by atoms with Crippen molar-refractivity contribution in [2.45, 2.75) is 52.6 Å². The summed E-state index contributed by atoms with van der Waals surface area (Å²) in [7, 11) is 0. The number of aryl methyl sites for hydroxylation is 2. The average molecular weight is 221 g/mol. The molecule has 90 valence electrons. The van der Waals surface area contributed by atoms with E-state index >= 15 is 0 Å². The monoisotopic (exact) mass is 221 g/mol. The van der Waals surface area contributed by atoms with Crippen molar-refractivity contribution in [1.29, 1.82) is 0 Å². The van der Waals surface area contributed by atoms with Gasteiger partial charge in [-0.05, 0) is 37.7 Å². The van der Waals surface area contributed by atoms with Gasteiger partial charge >= 0.3 is 0 Å². The van der Waals surface area contributed by atoms with Crippen molar-refractivity contribution >= 4 is 0 Å². The third-order valence-corrected chi connectivity index (χ3v) is 3.74. The Morgan fingerprint density at radius 3 is 2.75 bits per heavy atom. The Labute approximate surface area is 98.0 Å². The lowest BCUT2D eigenvalue weighted by Gasteiger charge is -2.11. The van der Waals surface area contributed by atoms with E-state index in [4.69, 9.17) is 5.73 Å². The molecule has 3 nitrogen and oxygen atoms in total. The van der Waals surface area contributed by atoms with Gasteiger partial charge in [0.2, 0.25) is 0 Å². The number of rotatable bonds is 5. The molecule has 1 fully saturated rings. The molecule has 1 aromatic rings. The molecule has 0 spiro atoms. The van der Waals surface area contributed by atoms with Crippen LogP contribution in [-0.4, -0.2) is 15.8 Å². The van der Waals surface area contributed by atoms with Crippen LogP contribution in [0.4, 0.5) is 0 Å². The van der Waals surface area contributed by atoms with E-state index in [2.05, 4.69) is 36.6 Å². The molecule has 2 rings (SSSR count). The molecule has 2 N–H and O–H groups in total. The molecule has 0 bridgehead atoms. The third kappa shape index (κ3) is 2.29. The van der Waals surface area contributed by atoms with Gasteiger partial charge in [-0.25, -0.2) is 0 Å². The highest BCUT2D eigenvalue weighted by molar-refractivity contribution is 5.13. The first kappa shape index (κ1) is 11.6. The Morgan fingerprint density at radius 2 is 2.25 bits per heavy atom. The molecule has 1 aliphatic carbocycles. The normalized spacial score (nSPS) is 25.8. The largest absolute Gasteiger partial charge is 0.327 e. The van der Waals surface area contributed by atoms with Crippen molar-refractivity contribution < 1.29 is 0 Å². The average Bonchev–Trinajstić information content (AvgIpc) is 2.88. The first-order valence-electron chi connectivity index (χ1n) is 6.46. The second-order valence-corrected chi connectivity index (χ2v) is 5.04. The molecule has 1 saturated carbocycles. The van der Waals surface area contributed by atoms with Crippen molar-refractivity contribution in [1.82, 2.24) is 9.78 Å². The van der Waals surface area contributed by atoms with Gasteiger partial charge in [0.1, 0.15) is 0 Å². The maximum atomic E-state index is 6.23. The van der Waals surface area contributed by atoms with E-state index < -0.39 is 0 Å². The Hall–Kier alpha value is -0.830. The Bertz CT molecular complexity index is 356. The minimum atomic E-state index is 0.321. The minimum Gasteiger partial charge on any atom is -0.327 e. The second-order valence-electron chi connectivity index (χ2n) is 5.04. The van der Waals surface area contributed by atoms with Crippen molar-refractivity contribution in [2.24, 2.45) is 17.6 Å². The van der Waals surface area contributed by atoms with Gasteiger partial charge in [0.05, 0.1) is 5.69 Å². The lowest BCUT2D eigenvalue weighted by Crippen LogP contribution is -2.27. The maximum Gasteiger partial charge on any atom is 0.0624 e. The first-order chi connectivity index (χ1) is 7.65. The Balaban J connectivity index is 2.04. The summed E-state index contributed by atoms with van der Waals surface area (Å²) < 4.78 is 2.10. The fourth-order valence-electron chi connectivity index (χ4n) is 2.47. The molecule has 0 aromatic carbocycles. The van der Waals surface area contributed by atoms with Crippen LogP contribution < -0.4 is 5.73 Å². The van der Waals surface area contributed by atoms with Crippen LogP contribution in [0.15, 0.2) is 6.07 Å². The van der Waals surface area contributed by atoms with E-state index in [1.54, 1.807) is 0 Å². The van der Waals surface area contributed by atoms with Crippen LogP contribution in [0.2, 0.25) is 0 Å². The number of hydrogen-bond acceptors (Lipinski definition) is 2. The van der Waals surface area contributed by atoms with Crippen molar-refractivity contribution in [3.05, 3.63) is 17.5 Å². The fourth-order valence-corrected chi connectivity index (χ4v) is 2.47. The molecular weight excluding hydrogens is 198 g/mol. The van der Waals surface area contributed by atoms with Crippen molar-refractivity contribution in [3.63, 3.8) is 0 Å². The highest BCUT2D eigenvalue weighted by Gasteiger charge is 2.37. The molecule has 1 heterocycles. The van der Waals surface area contributed by atoms with Crippen LogP contribution in [0.25, 0.3) is 0 Å². The van der Waals surface area contributed by atoms with Gasteiger partial charge in [-0.15, -0.1) is 0 Å². The molecule has 3 unspecified atom stereocenters.